The first-order chi connectivity index (χ1) is 11.4. The SMILES string of the molecule is N#Cc1ccc(S(=O)(=O)Nc2ccc3oc(=O)cc(Br)c3c2)cc1. The van der Waals surface area contributed by atoms with Gasteiger partial charge in [-0.1, -0.05) is 0 Å². The van der Waals surface area contributed by atoms with Crippen molar-refractivity contribution in [2.24, 2.45) is 0 Å². The van der Waals surface area contributed by atoms with Crippen molar-refractivity contribution >= 4 is 42.6 Å². The molecule has 0 bridgehead atoms. The monoisotopic (exact) mass is 404 g/mol. The lowest BCUT2D eigenvalue weighted by atomic mass is 10.2. The number of halogens is 1. The zero-order valence-electron chi connectivity index (χ0n) is 12.0. The number of anilines is 1. The summed E-state index contributed by atoms with van der Waals surface area (Å²) >= 11 is 3.25. The van der Waals surface area contributed by atoms with Gasteiger partial charge in [0.15, 0.2) is 0 Å². The Morgan fingerprint density at radius 2 is 1.79 bits per heavy atom. The quantitative estimate of drug-likeness (QED) is 0.675. The smallest absolute Gasteiger partial charge is 0.337 e. The van der Waals surface area contributed by atoms with Gasteiger partial charge in [0.25, 0.3) is 10.0 Å². The molecule has 0 fully saturated rings. The third kappa shape index (κ3) is 3.18. The Morgan fingerprint density at radius 1 is 1.08 bits per heavy atom. The molecular weight excluding hydrogens is 396 g/mol. The molecule has 1 N–H and O–H groups in total. The third-order valence-electron chi connectivity index (χ3n) is 3.24. The zero-order valence-corrected chi connectivity index (χ0v) is 14.4. The van der Waals surface area contributed by atoms with E-state index in [1.807, 2.05) is 6.07 Å². The van der Waals surface area contributed by atoms with Crippen molar-refractivity contribution in [2.45, 2.75) is 4.90 Å². The van der Waals surface area contributed by atoms with Crippen LogP contribution in [-0.2, 0) is 10.0 Å². The predicted octanol–water partition coefficient (Wildman–Crippen LogP) is 3.23. The minimum atomic E-state index is -3.80. The van der Waals surface area contributed by atoms with Gasteiger partial charge in [0, 0.05) is 21.6 Å². The maximum Gasteiger partial charge on any atom is 0.337 e. The Kier molecular flexibility index (Phi) is 4.13. The molecule has 120 valence electrons. The lowest BCUT2D eigenvalue weighted by molar-refractivity contribution is 0.560. The van der Waals surface area contributed by atoms with E-state index in [2.05, 4.69) is 20.7 Å². The summed E-state index contributed by atoms with van der Waals surface area (Å²) < 4.78 is 32.8. The Hall–Kier alpha value is -2.63. The van der Waals surface area contributed by atoms with E-state index in [0.29, 0.717) is 26.7 Å². The van der Waals surface area contributed by atoms with Gasteiger partial charge in [-0.2, -0.15) is 5.26 Å². The molecule has 1 heterocycles. The van der Waals surface area contributed by atoms with Gasteiger partial charge in [-0.15, -0.1) is 0 Å². The molecule has 6 nitrogen and oxygen atoms in total. The normalized spacial score (nSPS) is 11.2. The van der Waals surface area contributed by atoms with Crippen LogP contribution in [0.4, 0.5) is 5.69 Å². The van der Waals surface area contributed by atoms with Crippen LogP contribution in [0.2, 0.25) is 0 Å². The molecule has 0 unspecified atom stereocenters. The summed E-state index contributed by atoms with van der Waals surface area (Å²) in [6.07, 6.45) is 0. The number of nitriles is 1. The van der Waals surface area contributed by atoms with Gasteiger partial charge in [-0.05, 0) is 58.4 Å². The fourth-order valence-corrected chi connectivity index (χ4v) is 3.66. The van der Waals surface area contributed by atoms with Crippen LogP contribution in [0, 0.1) is 11.3 Å². The molecule has 0 radical (unpaired) electrons. The minimum Gasteiger partial charge on any atom is -0.423 e. The molecule has 24 heavy (non-hydrogen) atoms. The summed E-state index contributed by atoms with van der Waals surface area (Å²) in [7, 11) is -3.80. The van der Waals surface area contributed by atoms with E-state index in [0.717, 1.165) is 0 Å². The second kappa shape index (κ2) is 6.11. The standard InChI is InChI=1S/C16H9BrN2O4S/c17-14-8-16(20)23-15-6-3-11(7-13(14)15)19-24(21,22)12-4-1-10(9-18)2-5-12/h1-8,19H. The first-order valence-electron chi connectivity index (χ1n) is 6.65. The maximum atomic E-state index is 12.4. The predicted molar refractivity (Wildman–Crippen MR) is 92.1 cm³/mol. The van der Waals surface area contributed by atoms with E-state index < -0.39 is 15.6 Å². The number of benzene rings is 2. The Balaban J connectivity index is 1.99. The highest BCUT2D eigenvalue weighted by molar-refractivity contribution is 9.10. The van der Waals surface area contributed by atoms with Crippen molar-refractivity contribution in [1.82, 2.24) is 0 Å². The van der Waals surface area contributed by atoms with Crippen LogP contribution in [0.1, 0.15) is 5.56 Å². The summed E-state index contributed by atoms with van der Waals surface area (Å²) in [6, 6.07) is 13.3. The second-order valence-electron chi connectivity index (χ2n) is 4.87. The van der Waals surface area contributed by atoms with Crippen molar-refractivity contribution in [3.8, 4) is 6.07 Å². The fourth-order valence-electron chi connectivity index (χ4n) is 2.11. The molecule has 0 spiro atoms. The molecule has 3 aromatic rings. The summed E-state index contributed by atoms with van der Waals surface area (Å²) in [5, 5.41) is 9.33. The molecular formula is C16H9BrN2O4S. The number of nitrogens with zero attached hydrogens (tertiary/aromatic N) is 1. The molecule has 3 rings (SSSR count). The summed E-state index contributed by atoms with van der Waals surface area (Å²) in [6.45, 7) is 0. The Bertz CT molecular complexity index is 1130. The van der Waals surface area contributed by atoms with Crippen LogP contribution in [0.3, 0.4) is 0 Å². The van der Waals surface area contributed by atoms with E-state index >= 15 is 0 Å². The zero-order chi connectivity index (χ0) is 17.3. The third-order valence-corrected chi connectivity index (χ3v) is 5.29. The number of rotatable bonds is 3. The molecule has 2 aromatic carbocycles. The van der Waals surface area contributed by atoms with Gasteiger partial charge >= 0.3 is 5.63 Å². The van der Waals surface area contributed by atoms with Crippen molar-refractivity contribution in [1.29, 1.82) is 5.26 Å². The highest BCUT2D eigenvalue weighted by Crippen LogP contribution is 2.26. The van der Waals surface area contributed by atoms with Crippen LogP contribution in [0.15, 0.2) is 67.1 Å². The largest absolute Gasteiger partial charge is 0.423 e. The maximum absolute atomic E-state index is 12.4. The van der Waals surface area contributed by atoms with Gasteiger partial charge in [-0.25, -0.2) is 13.2 Å². The molecule has 0 saturated carbocycles. The summed E-state index contributed by atoms with van der Waals surface area (Å²) in [5.41, 5.74) is 0.538. The molecule has 8 heteroatoms. The molecule has 0 aliphatic heterocycles. The summed E-state index contributed by atoms with van der Waals surface area (Å²) in [4.78, 5) is 11.4. The van der Waals surface area contributed by atoms with Crippen LogP contribution in [0.5, 0.6) is 0 Å². The number of hydrogen-bond acceptors (Lipinski definition) is 5. The van der Waals surface area contributed by atoms with Crippen molar-refractivity contribution < 1.29 is 12.8 Å². The molecule has 1 aromatic heterocycles. The van der Waals surface area contributed by atoms with Gasteiger partial charge in [0.05, 0.1) is 16.5 Å². The van der Waals surface area contributed by atoms with E-state index in [4.69, 9.17) is 9.68 Å². The van der Waals surface area contributed by atoms with Crippen LogP contribution in [0.25, 0.3) is 11.0 Å². The minimum absolute atomic E-state index is 0.0419. The van der Waals surface area contributed by atoms with Gasteiger partial charge in [0.2, 0.25) is 0 Å². The lowest BCUT2D eigenvalue weighted by Gasteiger charge is -2.09. The average Bonchev–Trinajstić information content (AvgIpc) is 2.55. The van der Waals surface area contributed by atoms with E-state index in [1.54, 1.807) is 6.07 Å². The highest BCUT2D eigenvalue weighted by atomic mass is 79.9. The second-order valence-corrected chi connectivity index (χ2v) is 7.40. The molecule has 0 aliphatic carbocycles. The van der Waals surface area contributed by atoms with E-state index in [9.17, 15) is 13.2 Å². The van der Waals surface area contributed by atoms with Crippen molar-refractivity contribution in [3.05, 3.63) is 69.0 Å². The molecule has 0 aliphatic rings. The Labute approximate surface area is 145 Å². The highest BCUT2D eigenvalue weighted by Gasteiger charge is 2.15. The number of hydrogen-bond donors (Lipinski definition) is 1. The first-order valence-corrected chi connectivity index (χ1v) is 8.93. The van der Waals surface area contributed by atoms with Gasteiger partial charge in [-0.3, -0.25) is 4.72 Å². The van der Waals surface area contributed by atoms with Crippen LogP contribution in [-0.4, -0.2) is 8.42 Å². The average molecular weight is 405 g/mol. The first kappa shape index (κ1) is 16.2. The van der Waals surface area contributed by atoms with E-state index in [1.165, 1.54) is 42.5 Å². The fraction of sp³-hybridized carbons (Fsp3) is 0. The summed E-state index contributed by atoms with van der Waals surface area (Å²) in [5.74, 6) is 0. The van der Waals surface area contributed by atoms with Crippen molar-refractivity contribution in [3.63, 3.8) is 0 Å². The van der Waals surface area contributed by atoms with Crippen LogP contribution < -0.4 is 10.3 Å². The molecule has 0 saturated heterocycles. The Morgan fingerprint density at radius 3 is 2.46 bits per heavy atom. The lowest BCUT2D eigenvalue weighted by Crippen LogP contribution is -2.12. The van der Waals surface area contributed by atoms with Crippen LogP contribution >= 0.6 is 15.9 Å². The number of nitrogens with one attached hydrogen (secondary N) is 1. The topological polar surface area (TPSA) is 100 Å². The van der Waals surface area contributed by atoms with Gasteiger partial charge in [0.1, 0.15) is 5.58 Å². The van der Waals surface area contributed by atoms with Gasteiger partial charge < -0.3 is 4.42 Å². The molecule has 0 atom stereocenters. The van der Waals surface area contributed by atoms with Crippen molar-refractivity contribution in [2.75, 3.05) is 4.72 Å². The molecule has 0 amide bonds. The number of sulfonamides is 1. The number of fused-ring (bicyclic) bond motifs is 1. The van der Waals surface area contributed by atoms with E-state index in [-0.39, 0.29) is 4.90 Å².